The number of nitrogens with zero attached hydrogens (tertiary/aromatic N) is 1. The van der Waals surface area contributed by atoms with E-state index in [1.807, 2.05) is 20.8 Å². The first-order valence-corrected chi connectivity index (χ1v) is 7.84. The van der Waals surface area contributed by atoms with Crippen LogP contribution in [0.15, 0.2) is 28.8 Å². The van der Waals surface area contributed by atoms with Crippen LogP contribution in [0, 0.1) is 17.6 Å². The molecule has 1 fully saturated rings. The fourth-order valence-electron chi connectivity index (χ4n) is 2.62. The number of ether oxygens (including phenoxy) is 1. The first kappa shape index (κ1) is 16.6. The van der Waals surface area contributed by atoms with E-state index in [-0.39, 0.29) is 17.6 Å². The van der Waals surface area contributed by atoms with Gasteiger partial charge in [-0.1, -0.05) is 32.0 Å². The van der Waals surface area contributed by atoms with Gasteiger partial charge in [0, 0.05) is 23.0 Å². The van der Waals surface area contributed by atoms with Crippen LogP contribution in [0.4, 0.5) is 8.78 Å². The molecule has 0 N–H and O–H groups in total. The average molecular weight is 335 g/mol. The molecule has 2 atom stereocenters. The maximum atomic E-state index is 13.7. The lowest BCUT2D eigenvalue weighted by Crippen LogP contribution is -2.10. The molecule has 1 saturated carbocycles. The Kier molecular flexibility index (Phi) is 4.15. The van der Waals surface area contributed by atoms with Crippen LogP contribution in [0.5, 0.6) is 0 Å². The summed E-state index contributed by atoms with van der Waals surface area (Å²) in [5.41, 5.74) is 0.303. The van der Waals surface area contributed by atoms with Crippen molar-refractivity contribution >= 4 is 5.97 Å². The fourth-order valence-corrected chi connectivity index (χ4v) is 2.62. The summed E-state index contributed by atoms with van der Waals surface area (Å²) in [5.74, 6) is -1.98. The number of halogens is 2. The largest absolute Gasteiger partial charge is 0.459 e. The highest BCUT2D eigenvalue weighted by atomic mass is 19.1. The zero-order valence-electron chi connectivity index (χ0n) is 13.8. The molecule has 0 radical (unpaired) electrons. The standard InChI is InChI=1S/C18H19F2NO3/c1-18(2,3)15-7-10(21-24-15)9-23-17(22)12-8-11(12)16-13(19)5-4-6-14(16)20/h4-7,11-12H,8-9H2,1-3H3/t11-,12+/m1/s1. The molecule has 0 saturated heterocycles. The molecule has 4 nitrogen and oxygen atoms in total. The SMILES string of the molecule is CC(C)(C)c1cc(COC(=O)[C@H]2C[C@H]2c2c(F)cccc2F)no1. The van der Waals surface area contributed by atoms with E-state index in [0.29, 0.717) is 17.9 Å². The van der Waals surface area contributed by atoms with Gasteiger partial charge in [0.1, 0.15) is 29.7 Å². The van der Waals surface area contributed by atoms with Crippen molar-refractivity contribution < 1.29 is 22.8 Å². The molecule has 1 aliphatic rings. The lowest BCUT2D eigenvalue weighted by Gasteiger charge is -2.12. The van der Waals surface area contributed by atoms with E-state index in [1.54, 1.807) is 6.07 Å². The van der Waals surface area contributed by atoms with Crippen molar-refractivity contribution in [1.82, 2.24) is 5.16 Å². The van der Waals surface area contributed by atoms with E-state index in [0.717, 1.165) is 0 Å². The summed E-state index contributed by atoms with van der Waals surface area (Å²) >= 11 is 0. The molecule has 1 aromatic heterocycles. The van der Waals surface area contributed by atoms with Gasteiger partial charge < -0.3 is 9.26 Å². The normalized spacial score (nSPS) is 20.0. The van der Waals surface area contributed by atoms with Gasteiger partial charge in [0.25, 0.3) is 0 Å². The van der Waals surface area contributed by atoms with Crippen LogP contribution in [0.25, 0.3) is 0 Å². The van der Waals surface area contributed by atoms with Crippen LogP contribution in [0.1, 0.15) is 50.1 Å². The third kappa shape index (κ3) is 3.32. The summed E-state index contributed by atoms with van der Waals surface area (Å²) in [6.45, 7) is 5.95. The molecule has 128 valence electrons. The molecule has 0 bridgehead atoms. The van der Waals surface area contributed by atoms with Crippen molar-refractivity contribution in [3.63, 3.8) is 0 Å². The highest BCUT2D eigenvalue weighted by molar-refractivity contribution is 5.77. The lowest BCUT2D eigenvalue weighted by molar-refractivity contribution is -0.146. The molecule has 1 heterocycles. The molecule has 24 heavy (non-hydrogen) atoms. The Morgan fingerprint density at radius 1 is 1.33 bits per heavy atom. The Bertz CT molecular complexity index is 744. The predicted molar refractivity (Wildman–Crippen MR) is 82.2 cm³/mol. The lowest BCUT2D eigenvalue weighted by atomic mass is 9.93. The van der Waals surface area contributed by atoms with Gasteiger partial charge in [-0.15, -0.1) is 0 Å². The van der Waals surface area contributed by atoms with Crippen molar-refractivity contribution in [2.45, 2.75) is 45.1 Å². The van der Waals surface area contributed by atoms with Crippen LogP contribution in [0.2, 0.25) is 0 Å². The topological polar surface area (TPSA) is 52.3 Å². The van der Waals surface area contributed by atoms with Crippen molar-refractivity contribution in [1.29, 1.82) is 0 Å². The highest BCUT2D eigenvalue weighted by Crippen LogP contribution is 2.49. The van der Waals surface area contributed by atoms with Crippen molar-refractivity contribution in [3.05, 3.63) is 52.9 Å². The van der Waals surface area contributed by atoms with Gasteiger partial charge in [0.2, 0.25) is 0 Å². The number of carbonyl (C=O) groups excluding carboxylic acids is 1. The second-order valence-electron chi connectivity index (χ2n) is 7.12. The number of benzene rings is 1. The molecule has 0 spiro atoms. The smallest absolute Gasteiger partial charge is 0.309 e. The molecule has 3 rings (SSSR count). The Labute approximate surface area is 138 Å². The molecular weight excluding hydrogens is 316 g/mol. The quantitative estimate of drug-likeness (QED) is 0.790. The number of aromatic nitrogens is 1. The average Bonchev–Trinajstić information content (AvgIpc) is 3.11. The Hall–Kier alpha value is -2.24. The first-order valence-electron chi connectivity index (χ1n) is 7.84. The van der Waals surface area contributed by atoms with Gasteiger partial charge in [-0.3, -0.25) is 4.79 Å². The van der Waals surface area contributed by atoms with E-state index >= 15 is 0 Å². The van der Waals surface area contributed by atoms with E-state index in [1.165, 1.54) is 18.2 Å². The van der Waals surface area contributed by atoms with Gasteiger partial charge in [-0.25, -0.2) is 8.78 Å². The number of hydrogen-bond donors (Lipinski definition) is 0. The summed E-state index contributed by atoms with van der Waals surface area (Å²) in [5, 5.41) is 3.87. The number of rotatable bonds is 4. The fraction of sp³-hybridized carbons (Fsp3) is 0.444. The third-order valence-corrected chi connectivity index (χ3v) is 4.12. The minimum atomic E-state index is -0.623. The summed E-state index contributed by atoms with van der Waals surface area (Å²) < 4.78 is 37.9. The number of esters is 1. The van der Waals surface area contributed by atoms with Crippen LogP contribution in [0.3, 0.4) is 0 Å². The zero-order valence-corrected chi connectivity index (χ0v) is 13.8. The minimum Gasteiger partial charge on any atom is -0.459 e. The molecule has 1 aliphatic carbocycles. The van der Waals surface area contributed by atoms with Gasteiger partial charge >= 0.3 is 5.97 Å². The maximum Gasteiger partial charge on any atom is 0.309 e. The molecule has 0 aliphatic heterocycles. The monoisotopic (exact) mass is 335 g/mol. The van der Waals surface area contributed by atoms with Gasteiger partial charge in [-0.05, 0) is 18.6 Å². The maximum absolute atomic E-state index is 13.7. The second-order valence-corrected chi connectivity index (χ2v) is 7.12. The number of carbonyl (C=O) groups is 1. The molecule has 6 heteroatoms. The van der Waals surface area contributed by atoms with Gasteiger partial charge in [0.05, 0.1) is 5.92 Å². The van der Waals surface area contributed by atoms with E-state index in [2.05, 4.69) is 5.16 Å². The van der Waals surface area contributed by atoms with Gasteiger partial charge in [0.15, 0.2) is 0 Å². The van der Waals surface area contributed by atoms with Crippen LogP contribution < -0.4 is 0 Å². The summed E-state index contributed by atoms with van der Waals surface area (Å²) in [7, 11) is 0. The summed E-state index contributed by atoms with van der Waals surface area (Å²) in [6.07, 6.45) is 0.392. The Balaban J connectivity index is 1.59. The van der Waals surface area contributed by atoms with Crippen molar-refractivity contribution in [2.75, 3.05) is 0 Å². The molecule has 1 aromatic carbocycles. The summed E-state index contributed by atoms with van der Waals surface area (Å²) in [6, 6.07) is 5.44. The van der Waals surface area contributed by atoms with Crippen LogP contribution >= 0.6 is 0 Å². The predicted octanol–water partition coefficient (Wildman–Crippen LogP) is 4.10. The van der Waals surface area contributed by atoms with E-state index in [4.69, 9.17) is 9.26 Å². The zero-order chi connectivity index (χ0) is 17.5. The highest BCUT2D eigenvalue weighted by Gasteiger charge is 2.47. The Morgan fingerprint density at radius 2 is 2.00 bits per heavy atom. The molecule has 0 unspecified atom stereocenters. The minimum absolute atomic E-state index is 0.0125. The molecule has 0 amide bonds. The third-order valence-electron chi connectivity index (χ3n) is 4.12. The van der Waals surface area contributed by atoms with E-state index in [9.17, 15) is 13.6 Å². The first-order chi connectivity index (χ1) is 11.3. The van der Waals surface area contributed by atoms with Crippen molar-refractivity contribution in [2.24, 2.45) is 5.92 Å². The summed E-state index contributed by atoms with van der Waals surface area (Å²) in [4.78, 5) is 12.1. The second kappa shape index (κ2) is 6.00. The van der Waals surface area contributed by atoms with Crippen LogP contribution in [-0.2, 0) is 21.6 Å². The van der Waals surface area contributed by atoms with Crippen LogP contribution in [-0.4, -0.2) is 11.1 Å². The van der Waals surface area contributed by atoms with Crippen molar-refractivity contribution in [3.8, 4) is 0 Å². The van der Waals surface area contributed by atoms with Gasteiger partial charge in [-0.2, -0.15) is 0 Å². The number of hydrogen-bond acceptors (Lipinski definition) is 4. The molecular formula is C18H19F2NO3. The van der Waals surface area contributed by atoms with E-state index < -0.39 is 29.4 Å². The molecule has 2 aromatic rings. The Morgan fingerprint density at radius 3 is 2.58 bits per heavy atom.